The summed E-state index contributed by atoms with van der Waals surface area (Å²) in [7, 11) is -8.52. The summed E-state index contributed by atoms with van der Waals surface area (Å²) < 4.78 is 55.8. The van der Waals surface area contributed by atoms with Gasteiger partial charge in [0.25, 0.3) is 0 Å². The van der Waals surface area contributed by atoms with Crippen LogP contribution in [-0.4, -0.2) is 98.4 Å². The molecule has 1 rings (SSSR count). The van der Waals surface area contributed by atoms with E-state index in [1.165, 1.54) is 12.7 Å². The zero-order chi connectivity index (χ0) is 66.7. The Bertz CT molecular complexity index is 2270. The Morgan fingerprint density at radius 1 is 0.518 bits per heavy atom. The Hall–Kier alpha value is -1.71. The minimum atomic E-state index is -2.40. The Balaban J connectivity index is 4.21. The minimum absolute atomic E-state index is 0.00110. The molecular weight excluding hydrogens is 1140 g/mol. The molecule has 1 aromatic rings. The zero-order valence-corrected chi connectivity index (χ0v) is 66.8. The van der Waals surface area contributed by atoms with E-state index >= 15 is 0 Å². The maximum atomic E-state index is 13.7. The number of rotatable bonds is 33. The molecule has 0 spiro atoms. The molecule has 1 aromatic carbocycles. The molecule has 0 N–H and O–H groups in total. The molecule has 0 fully saturated rings. The lowest BCUT2D eigenvalue weighted by atomic mass is 9.81. The van der Waals surface area contributed by atoms with Crippen LogP contribution in [0.1, 0.15) is 178 Å². The van der Waals surface area contributed by atoms with Crippen molar-refractivity contribution in [2.75, 3.05) is 14.2 Å². The first-order valence-corrected chi connectivity index (χ1v) is 47.1. The van der Waals surface area contributed by atoms with Crippen molar-refractivity contribution in [1.29, 1.82) is 0 Å². The summed E-state index contributed by atoms with van der Waals surface area (Å²) in [6.07, 6.45) is 13.6. The maximum Gasteiger partial charge on any atom is 0.310 e. The Labute approximate surface area is 531 Å². The van der Waals surface area contributed by atoms with Gasteiger partial charge in [0.2, 0.25) is 0 Å². The van der Waals surface area contributed by atoms with Crippen LogP contribution in [0.4, 0.5) is 0 Å². The number of ether oxygens (including phenoxy) is 3. The molecule has 0 saturated heterocycles. The van der Waals surface area contributed by atoms with Gasteiger partial charge < -0.3 is 36.3 Å². The van der Waals surface area contributed by atoms with E-state index in [1.54, 1.807) is 7.11 Å². The van der Waals surface area contributed by atoms with E-state index in [0.29, 0.717) is 13.0 Å². The predicted molar refractivity (Wildman–Crippen MR) is 380 cm³/mol. The summed E-state index contributed by atoms with van der Waals surface area (Å²) in [6, 6.07) is 8.19. The second-order valence-electron chi connectivity index (χ2n) is 33.5. The van der Waals surface area contributed by atoms with Crippen LogP contribution in [0.5, 0.6) is 5.75 Å². The summed E-state index contributed by atoms with van der Waals surface area (Å²) in [6.45, 7) is 80.8. The van der Waals surface area contributed by atoms with Crippen LogP contribution in [0.25, 0.3) is 0 Å². The molecule has 0 aliphatic rings. The molecule has 0 radical (unpaired) electrons. The highest BCUT2D eigenvalue weighted by Gasteiger charge is 2.49. The Morgan fingerprint density at radius 3 is 1.35 bits per heavy atom. The Morgan fingerprint density at radius 2 is 0.929 bits per heavy atom. The van der Waals surface area contributed by atoms with Gasteiger partial charge in [0.1, 0.15) is 5.75 Å². The standard InChI is InChI=1S/C71H136O9Si5/c1-37-38-39-51(3)63(75-49-58-41-44-59(73-25)45-42-58)56(8)64(79-84(33,34)70(19,20)21)54(6)47-50(2)46-53(5)62(78-83(31,32)69(16,17)18)52(4)40-43-60(76-81(27,28)67(10,11)12)48-61(77-82(29,30)68(13,14)15)55(7)65(57(9)66(72)74-26)80-85(35,36)71(22,23)24/h37-46,51-57,60-65H,1,47-49H2,2-36H3/b39-38-,43-40-,50-46-/t51-,52-,53-,54-,55-,56+,57+,60-,61-,62-,63-,64+,65-/m0/s1. The molecule has 494 valence electrons. The summed E-state index contributed by atoms with van der Waals surface area (Å²) in [5.74, 6) is 0.396. The number of carbonyl (C=O) groups excluding carboxylic acids is 1. The van der Waals surface area contributed by atoms with Crippen LogP contribution in [0.2, 0.25) is 90.7 Å². The highest BCUT2D eigenvalue weighted by molar-refractivity contribution is 6.75. The van der Waals surface area contributed by atoms with E-state index in [-0.39, 0.29) is 97.2 Å². The molecule has 0 aliphatic carbocycles. The average Bonchev–Trinajstić information content (AvgIpc) is 1.68. The SMILES string of the molecule is C=C/C=C\[C@H](C)[C@H](OCc1ccc(OC)cc1)[C@@H](C)[C@H](O[Si](C)(C)C(C)(C)C)[C@@H](C)C/C(C)=C\[C@H](C)[C@@H](O[Si](C)(C)C(C)(C)C)[C@@H](C)/C=C\[C@@H](C[C@H](O[Si](C)(C)C(C)(C)C)[C@H](C)[C@H](O[Si](C)(C)C(C)(C)C)[C@@H](C)C(=O)OC)O[Si](C)(C)C(C)(C)C. The average molecular weight is 1270 g/mol. The van der Waals surface area contributed by atoms with E-state index in [0.717, 1.165) is 17.7 Å². The number of carbonyl (C=O) groups is 1. The van der Waals surface area contributed by atoms with Gasteiger partial charge in [0.15, 0.2) is 41.6 Å². The van der Waals surface area contributed by atoms with Gasteiger partial charge in [-0.2, -0.15) is 0 Å². The van der Waals surface area contributed by atoms with Gasteiger partial charge in [0, 0.05) is 24.2 Å². The molecule has 0 amide bonds. The quantitative estimate of drug-likeness (QED) is 0.0295. The number of benzene rings is 1. The molecule has 0 bridgehead atoms. The first kappa shape index (κ1) is 81.3. The van der Waals surface area contributed by atoms with Crippen molar-refractivity contribution in [2.24, 2.45) is 41.4 Å². The number of hydrogen-bond acceptors (Lipinski definition) is 9. The fourth-order valence-corrected chi connectivity index (χ4v) is 17.1. The number of hydrogen-bond donors (Lipinski definition) is 0. The molecule has 85 heavy (non-hydrogen) atoms. The van der Waals surface area contributed by atoms with Crippen LogP contribution in [0.15, 0.2) is 72.9 Å². The number of methoxy groups -OCH3 is 2. The van der Waals surface area contributed by atoms with Crippen molar-refractivity contribution in [3.05, 3.63) is 78.4 Å². The van der Waals surface area contributed by atoms with Crippen molar-refractivity contribution in [3.63, 3.8) is 0 Å². The van der Waals surface area contributed by atoms with Crippen molar-refractivity contribution < 1.29 is 41.1 Å². The van der Waals surface area contributed by atoms with Gasteiger partial charge in [-0.05, 0) is 146 Å². The van der Waals surface area contributed by atoms with Gasteiger partial charge in [-0.3, -0.25) is 4.79 Å². The molecule has 0 saturated carbocycles. The second-order valence-corrected chi connectivity index (χ2v) is 57.3. The maximum absolute atomic E-state index is 13.7. The first-order valence-electron chi connectivity index (χ1n) is 32.5. The van der Waals surface area contributed by atoms with Crippen molar-refractivity contribution in [3.8, 4) is 5.75 Å². The number of esters is 1. The van der Waals surface area contributed by atoms with Gasteiger partial charge in [-0.1, -0.05) is 206 Å². The van der Waals surface area contributed by atoms with Crippen molar-refractivity contribution in [2.45, 2.75) is 306 Å². The lowest BCUT2D eigenvalue weighted by Crippen LogP contribution is -2.54. The van der Waals surface area contributed by atoms with E-state index in [2.05, 4.69) is 261 Å². The predicted octanol–water partition coefficient (Wildman–Crippen LogP) is 21.2. The zero-order valence-electron chi connectivity index (χ0n) is 61.8. The van der Waals surface area contributed by atoms with Gasteiger partial charge >= 0.3 is 5.97 Å². The van der Waals surface area contributed by atoms with Crippen molar-refractivity contribution >= 4 is 47.6 Å². The topological polar surface area (TPSA) is 90.9 Å². The third-order valence-corrected chi connectivity index (χ3v) is 43.4. The van der Waals surface area contributed by atoms with E-state index < -0.39 is 53.6 Å². The fraction of sp³-hybridized carbons (Fsp3) is 0.789. The van der Waals surface area contributed by atoms with Gasteiger partial charge in [-0.15, -0.1) is 0 Å². The third-order valence-electron chi connectivity index (χ3n) is 21.0. The van der Waals surface area contributed by atoms with Crippen molar-refractivity contribution in [1.82, 2.24) is 0 Å². The van der Waals surface area contributed by atoms with E-state index in [1.807, 2.05) is 31.2 Å². The molecule has 13 atom stereocenters. The summed E-state index contributed by atoms with van der Waals surface area (Å²) in [5, 5.41) is -0.156. The molecule has 14 heteroatoms. The minimum Gasteiger partial charge on any atom is -0.497 e. The number of allylic oxidation sites excluding steroid dienone is 3. The summed E-state index contributed by atoms with van der Waals surface area (Å²) >= 11 is 0. The highest BCUT2D eigenvalue weighted by Crippen LogP contribution is 2.46. The third kappa shape index (κ3) is 24.1. The van der Waals surface area contributed by atoms with Crippen LogP contribution >= 0.6 is 0 Å². The molecule has 0 heterocycles. The first-order chi connectivity index (χ1) is 38.2. The molecule has 0 aliphatic heterocycles. The van der Waals surface area contributed by atoms with E-state index in [9.17, 15) is 4.79 Å². The van der Waals surface area contributed by atoms with Gasteiger partial charge in [0.05, 0.1) is 63.4 Å². The lowest BCUT2D eigenvalue weighted by molar-refractivity contribution is -0.150. The van der Waals surface area contributed by atoms with E-state index in [4.69, 9.17) is 36.3 Å². The fourth-order valence-electron chi connectivity index (χ4n) is 9.95. The lowest BCUT2D eigenvalue weighted by Gasteiger charge is -2.47. The molecule has 0 aromatic heterocycles. The highest BCUT2D eigenvalue weighted by atomic mass is 28.4. The molecule has 9 nitrogen and oxygen atoms in total. The van der Waals surface area contributed by atoms with Crippen LogP contribution in [0.3, 0.4) is 0 Å². The molecule has 0 unspecified atom stereocenters. The van der Waals surface area contributed by atoms with Crippen LogP contribution in [-0.2, 0) is 43.0 Å². The normalized spacial score (nSPS) is 19.1. The van der Waals surface area contributed by atoms with Crippen LogP contribution in [0, 0.1) is 41.4 Å². The largest absolute Gasteiger partial charge is 0.497 e. The van der Waals surface area contributed by atoms with Gasteiger partial charge in [-0.25, -0.2) is 0 Å². The summed E-state index contributed by atoms with van der Waals surface area (Å²) in [5.41, 5.74) is 2.44. The monoisotopic (exact) mass is 1270 g/mol. The summed E-state index contributed by atoms with van der Waals surface area (Å²) in [4.78, 5) is 13.7. The molecular formula is C71H136O9Si5. The van der Waals surface area contributed by atoms with Crippen LogP contribution < -0.4 is 4.74 Å². The second kappa shape index (κ2) is 32.0. The Kier molecular flexibility index (Phi) is 30.6. The smallest absolute Gasteiger partial charge is 0.310 e.